The summed E-state index contributed by atoms with van der Waals surface area (Å²) in [6.07, 6.45) is 6.39. The number of ether oxygens (including phenoxy) is 1. The van der Waals surface area contributed by atoms with Gasteiger partial charge >= 0.3 is 0 Å². The van der Waals surface area contributed by atoms with E-state index in [-0.39, 0.29) is 12.1 Å². The molecule has 4 atom stereocenters. The monoisotopic (exact) mass is 287 g/mol. The fourth-order valence-electron chi connectivity index (χ4n) is 2.82. The normalized spacial score (nSPS) is 28.1. The summed E-state index contributed by atoms with van der Waals surface area (Å²) in [6, 6.07) is 0. The van der Waals surface area contributed by atoms with Crippen LogP contribution in [-0.4, -0.2) is 47.7 Å². The predicted octanol–water partition coefficient (Wildman–Crippen LogP) is 2.08. The average molecular weight is 287 g/mol. The summed E-state index contributed by atoms with van der Waals surface area (Å²) >= 11 is 0. The Morgan fingerprint density at radius 1 is 1.35 bits per heavy atom. The second kappa shape index (κ2) is 8.98. The number of hydrogen-bond donors (Lipinski definition) is 3. The van der Waals surface area contributed by atoms with E-state index in [1.54, 1.807) is 0 Å². The van der Waals surface area contributed by atoms with Crippen LogP contribution in [0.4, 0.5) is 0 Å². The zero-order chi connectivity index (χ0) is 15.0. The van der Waals surface area contributed by atoms with Crippen LogP contribution in [0.3, 0.4) is 0 Å². The molecule has 0 aliphatic heterocycles. The highest BCUT2D eigenvalue weighted by atomic mass is 16.5. The van der Waals surface area contributed by atoms with Gasteiger partial charge in [-0.25, -0.2) is 0 Å². The van der Waals surface area contributed by atoms with Gasteiger partial charge in [0.15, 0.2) is 0 Å². The molecule has 3 N–H and O–H groups in total. The van der Waals surface area contributed by atoms with Crippen molar-refractivity contribution in [2.45, 2.75) is 77.0 Å². The van der Waals surface area contributed by atoms with Crippen LogP contribution in [0.15, 0.2) is 0 Å². The van der Waals surface area contributed by atoms with Crippen LogP contribution in [0.5, 0.6) is 0 Å². The molecule has 1 saturated carbocycles. The summed E-state index contributed by atoms with van der Waals surface area (Å²) < 4.78 is 5.88. The Morgan fingerprint density at radius 3 is 2.65 bits per heavy atom. The van der Waals surface area contributed by atoms with Crippen LogP contribution in [0.1, 0.15) is 59.3 Å². The van der Waals surface area contributed by atoms with Gasteiger partial charge in [-0.15, -0.1) is 0 Å². The molecule has 4 nitrogen and oxygen atoms in total. The molecule has 1 fully saturated rings. The van der Waals surface area contributed by atoms with E-state index >= 15 is 0 Å². The molecular weight excluding hydrogens is 254 g/mol. The molecule has 4 unspecified atom stereocenters. The Bertz CT molecular complexity index is 262. The maximum atomic E-state index is 10.0. The molecule has 4 heteroatoms. The number of rotatable bonds is 9. The molecular formula is C16H33NO3. The van der Waals surface area contributed by atoms with E-state index in [1.807, 2.05) is 0 Å². The SMILES string of the molecule is CCC(C)(CCO)NCC(O)COC1CCCCC1C. The van der Waals surface area contributed by atoms with E-state index in [2.05, 4.69) is 26.1 Å². The smallest absolute Gasteiger partial charge is 0.0898 e. The first-order chi connectivity index (χ1) is 9.50. The number of aliphatic hydroxyl groups excluding tert-OH is 2. The fourth-order valence-corrected chi connectivity index (χ4v) is 2.82. The molecule has 0 spiro atoms. The van der Waals surface area contributed by atoms with Crippen molar-refractivity contribution in [1.29, 1.82) is 0 Å². The van der Waals surface area contributed by atoms with Crippen LogP contribution in [0.2, 0.25) is 0 Å². The highest BCUT2D eigenvalue weighted by Crippen LogP contribution is 2.26. The third-order valence-corrected chi connectivity index (χ3v) is 4.74. The molecule has 1 aliphatic carbocycles. The lowest BCUT2D eigenvalue weighted by molar-refractivity contribution is -0.0467. The lowest BCUT2D eigenvalue weighted by Crippen LogP contribution is -2.47. The summed E-state index contributed by atoms with van der Waals surface area (Å²) in [7, 11) is 0. The van der Waals surface area contributed by atoms with E-state index < -0.39 is 6.10 Å². The molecule has 0 saturated heterocycles. The van der Waals surface area contributed by atoms with Crippen LogP contribution in [-0.2, 0) is 4.74 Å². The Hall–Kier alpha value is -0.160. The largest absolute Gasteiger partial charge is 0.396 e. The molecule has 0 heterocycles. The van der Waals surface area contributed by atoms with E-state index in [4.69, 9.17) is 9.84 Å². The molecule has 120 valence electrons. The number of aliphatic hydroxyl groups is 2. The Kier molecular flexibility index (Phi) is 8.03. The van der Waals surface area contributed by atoms with Crippen molar-refractivity contribution < 1.29 is 14.9 Å². The summed E-state index contributed by atoms with van der Waals surface area (Å²) in [5, 5.41) is 22.5. The van der Waals surface area contributed by atoms with Crippen LogP contribution in [0, 0.1) is 5.92 Å². The number of nitrogens with one attached hydrogen (secondary N) is 1. The number of hydrogen-bond acceptors (Lipinski definition) is 4. The highest BCUT2D eigenvalue weighted by Gasteiger charge is 2.24. The minimum atomic E-state index is -0.478. The minimum Gasteiger partial charge on any atom is -0.396 e. The first kappa shape index (κ1) is 17.9. The van der Waals surface area contributed by atoms with E-state index in [0.29, 0.717) is 31.6 Å². The Morgan fingerprint density at radius 2 is 2.05 bits per heavy atom. The van der Waals surface area contributed by atoms with Gasteiger partial charge in [-0.3, -0.25) is 0 Å². The third-order valence-electron chi connectivity index (χ3n) is 4.74. The maximum absolute atomic E-state index is 10.0. The molecule has 1 aliphatic rings. The summed E-state index contributed by atoms with van der Waals surface area (Å²) in [5.74, 6) is 0.610. The van der Waals surface area contributed by atoms with Gasteiger partial charge in [0, 0.05) is 18.7 Å². The number of β-amino-alcohol motifs (C(OH)–C–C–N with tert-alkyl or cyclic N) is 1. The molecule has 0 aromatic carbocycles. The first-order valence-electron chi connectivity index (χ1n) is 8.16. The van der Waals surface area contributed by atoms with Gasteiger partial charge < -0.3 is 20.3 Å². The topological polar surface area (TPSA) is 61.7 Å². The Balaban J connectivity index is 2.23. The van der Waals surface area contributed by atoms with E-state index in [1.165, 1.54) is 19.3 Å². The molecule has 20 heavy (non-hydrogen) atoms. The van der Waals surface area contributed by atoms with Gasteiger partial charge in [0.05, 0.1) is 18.8 Å². The maximum Gasteiger partial charge on any atom is 0.0898 e. The second-order valence-corrected chi connectivity index (χ2v) is 6.56. The lowest BCUT2D eigenvalue weighted by Gasteiger charge is -2.32. The van der Waals surface area contributed by atoms with Crippen molar-refractivity contribution in [2.24, 2.45) is 5.92 Å². The van der Waals surface area contributed by atoms with Gasteiger partial charge in [0.1, 0.15) is 0 Å². The van der Waals surface area contributed by atoms with Crippen molar-refractivity contribution in [3.8, 4) is 0 Å². The molecule has 0 radical (unpaired) electrons. The van der Waals surface area contributed by atoms with Crippen molar-refractivity contribution in [2.75, 3.05) is 19.8 Å². The van der Waals surface area contributed by atoms with Crippen molar-refractivity contribution in [3.63, 3.8) is 0 Å². The van der Waals surface area contributed by atoms with Gasteiger partial charge in [-0.1, -0.05) is 26.7 Å². The molecule has 0 amide bonds. The van der Waals surface area contributed by atoms with Crippen LogP contribution in [0.25, 0.3) is 0 Å². The molecule has 0 aromatic rings. The summed E-state index contributed by atoms with van der Waals surface area (Å²) in [6.45, 7) is 7.51. The van der Waals surface area contributed by atoms with Gasteiger partial charge in [-0.2, -0.15) is 0 Å². The van der Waals surface area contributed by atoms with Crippen molar-refractivity contribution in [1.82, 2.24) is 5.32 Å². The summed E-state index contributed by atoms with van der Waals surface area (Å²) in [5.41, 5.74) is -0.103. The predicted molar refractivity (Wildman–Crippen MR) is 81.8 cm³/mol. The lowest BCUT2D eigenvalue weighted by atomic mass is 9.88. The van der Waals surface area contributed by atoms with E-state index in [9.17, 15) is 5.11 Å². The van der Waals surface area contributed by atoms with Crippen molar-refractivity contribution in [3.05, 3.63) is 0 Å². The van der Waals surface area contributed by atoms with Crippen molar-refractivity contribution >= 4 is 0 Å². The Labute approximate surface area is 123 Å². The molecule has 0 aromatic heterocycles. The summed E-state index contributed by atoms with van der Waals surface area (Å²) in [4.78, 5) is 0. The zero-order valence-corrected chi connectivity index (χ0v) is 13.4. The highest BCUT2D eigenvalue weighted by molar-refractivity contribution is 4.82. The fraction of sp³-hybridized carbons (Fsp3) is 1.00. The molecule has 0 bridgehead atoms. The third kappa shape index (κ3) is 6.08. The van der Waals surface area contributed by atoms with Crippen LogP contribution >= 0.6 is 0 Å². The van der Waals surface area contributed by atoms with Gasteiger partial charge in [0.2, 0.25) is 0 Å². The quantitative estimate of drug-likeness (QED) is 0.607. The minimum absolute atomic E-state index is 0.103. The first-order valence-corrected chi connectivity index (χ1v) is 8.16. The standard InChI is InChI=1S/C16H33NO3/c1-4-16(3,9-10-18)17-11-14(19)12-20-15-8-6-5-7-13(15)2/h13-15,17-19H,4-12H2,1-3H3. The van der Waals surface area contributed by atoms with Gasteiger partial charge in [-0.05, 0) is 38.5 Å². The van der Waals surface area contributed by atoms with Crippen LogP contribution < -0.4 is 5.32 Å². The van der Waals surface area contributed by atoms with Gasteiger partial charge in [0.25, 0.3) is 0 Å². The molecule has 1 rings (SSSR count). The average Bonchev–Trinajstić information content (AvgIpc) is 2.44. The van der Waals surface area contributed by atoms with E-state index in [0.717, 1.165) is 12.8 Å². The second-order valence-electron chi connectivity index (χ2n) is 6.56. The zero-order valence-electron chi connectivity index (χ0n) is 13.4.